The average molecular weight is 292 g/mol. The van der Waals surface area contributed by atoms with Crippen molar-refractivity contribution in [3.63, 3.8) is 0 Å². The van der Waals surface area contributed by atoms with Gasteiger partial charge in [-0.3, -0.25) is 4.90 Å². The highest BCUT2D eigenvalue weighted by atomic mass is 16.4. The second-order valence-corrected chi connectivity index (χ2v) is 6.38. The molecule has 1 aliphatic heterocycles. The molecule has 5 heteroatoms. The minimum atomic E-state index is -0.881. The van der Waals surface area contributed by atoms with E-state index < -0.39 is 11.6 Å². The minimum Gasteiger partial charge on any atom is -0.478 e. The predicted molar refractivity (Wildman–Crippen MR) is 83.1 cm³/mol. The molecule has 1 aromatic carbocycles. The number of carboxylic acid groups (broad SMARTS) is 1. The number of β-amino-alcohol motifs (C(OH)–C–C–N with tert-alkyl or cyclic N) is 1. The Balaban J connectivity index is 1.99. The molecule has 0 bridgehead atoms. The topological polar surface area (TPSA) is 64.0 Å². The van der Waals surface area contributed by atoms with E-state index in [1.54, 1.807) is 6.07 Å². The lowest BCUT2D eigenvalue weighted by Crippen LogP contribution is -2.50. The van der Waals surface area contributed by atoms with Crippen LogP contribution in [-0.4, -0.2) is 59.4 Å². The summed E-state index contributed by atoms with van der Waals surface area (Å²) in [7, 11) is 0. The molecule has 1 aromatic rings. The largest absolute Gasteiger partial charge is 0.478 e. The Morgan fingerprint density at radius 1 is 1.24 bits per heavy atom. The summed E-state index contributed by atoms with van der Waals surface area (Å²) in [6.07, 6.45) is 0. The second-order valence-electron chi connectivity index (χ2n) is 6.38. The fourth-order valence-electron chi connectivity index (χ4n) is 2.80. The highest BCUT2D eigenvalue weighted by molar-refractivity contribution is 5.89. The number of hydrogen-bond acceptors (Lipinski definition) is 4. The van der Waals surface area contributed by atoms with Crippen molar-refractivity contribution in [3.8, 4) is 0 Å². The van der Waals surface area contributed by atoms with E-state index >= 15 is 0 Å². The van der Waals surface area contributed by atoms with Gasteiger partial charge in [-0.15, -0.1) is 0 Å². The van der Waals surface area contributed by atoms with Gasteiger partial charge in [0.05, 0.1) is 11.2 Å². The maximum atomic E-state index is 11.0. The molecule has 1 heterocycles. The van der Waals surface area contributed by atoms with Gasteiger partial charge in [-0.25, -0.2) is 4.79 Å². The molecule has 0 atom stereocenters. The first-order valence-electron chi connectivity index (χ1n) is 7.30. The van der Waals surface area contributed by atoms with E-state index in [-0.39, 0.29) is 0 Å². The summed E-state index contributed by atoms with van der Waals surface area (Å²) < 4.78 is 0. The number of carbonyl (C=O) groups is 1. The number of benzene rings is 1. The summed E-state index contributed by atoms with van der Waals surface area (Å²) in [4.78, 5) is 15.6. The maximum absolute atomic E-state index is 11.0. The molecule has 0 aliphatic carbocycles. The molecular formula is C16H24N2O3. The van der Waals surface area contributed by atoms with Crippen molar-refractivity contribution >= 4 is 11.7 Å². The molecule has 1 fully saturated rings. The molecule has 116 valence electrons. The number of piperazine rings is 1. The summed E-state index contributed by atoms with van der Waals surface area (Å²) >= 11 is 0. The number of aliphatic hydroxyl groups is 1. The molecule has 0 saturated carbocycles. The zero-order valence-corrected chi connectivity index (χ0v) is 13.0. The normalized spacial score (nSPS) is 17.0. The number of aryl methyl sites for hydroxylation is 1. The van der Waals surface area contributed by atoms with Crippen molar-refractivity contribution in [2.45, 2.75) is 26.4 Å². The van der Waals surface area contributed by atoms with Gasteiger partial charge in [-0.05, 0) is 44.5 Å². The van der Waals surface area contributed by atoms with Gasteiger partial charge < -0.3 is 15.1 Å². The van der Waals surface area contributed by atoms with Crippen molar-refractivity contribution in [3.05, 3.63) is 29.3 Å². The molecule has 0 radical (unpaired) electrons. The minimum absolute atomic E-state index is 0.361. The average Bonchev–Trinajstić information content (AvgIpc) is 2.37. The SMILES string of the molecule is Cc1cc(N2CCN(CC(C)(C)O)CC2)ccc1C(=O)O. The Labute approximate surface area is 125 Å². The molecule has 1 aliphatic rings. The summed E-state index contributed by atoms with van der Waals surface area (Å²) in [6.45, 7) is 9.76. The van der Waals surface area contributed by atoms with Crippen LogP contribution in [0.25, 0.3) is 0 Å². The molecular weight excluding hydrogens is 268 g/mol. The van der Waals surface area contributed by atoms with Crippen LogP contribution in [0.3, 0.4) is 0 Å². The van der Waals surface area contributed by atoms with Crippen LogP contribution < -0.4 is 4.90 Å². The lowest BCUT2D eigenvalue weighted by Gasteiger charge is -2.38. The van der Waals surface area contributed by atoms with Crippen molar-refractivity contribution in [1.29, 1.82) is 0 Å². The first-order chi connectivity index (χ1) is 9.76. The number of anilines is 1. The number of nitrogens with zero attached hydrogens (tertiary/aromatic N) is 2. The molecule has 5 nitrogen and oxygen atoms in total. The van der Waals surface area contributed by atoms with E-state index in [0.717, 1.165) is 37.4 Å². The van der Waals surface area contributed by atoms with Crippen LogP contribution in [0.2, 0.25) is 0 Å². The van der Waals surface area contributed by atoms with Gasteiger partial charge in [-0.2, -0.15) is 0 Å². The number of aromatic carboxylic acids is 1. The third-order valence-corrected chi connectivity index (χ3v) is 3.79. The van der Waals surface area contributed by atoms with Gasteiger partial charge in [0.2, 0.25) is 0 Å². The highest BCUT2D eigenvalue weighted by Crippen LogP contribution is 2.21. The van der Waals surface area contributed by atoms with Crippen molar-refractivity contribution in [1.82, 2.24) is 4.90 Å². The molecule has 2 rings (SSSR count). The summed E-state index contributed by atoms with van der Waals surface area (Å²) in [6, 6.07) is 5.49. The van der Waals surface area contributed by atoms with Crippen LogP contribution >= 0.6 is 0 Å². The lowest BCUT2D eigenvalue weighted by atomic mass is 10.1. The van der Waals surface area contributed by atoms with Crippen LogP contribution in [0, 0.1) is 6.92 Å². The number of rotatable bonds is 4. The Kier molecular flexibility index (Phi) is 4.54. The zero-order valence-electron chi connectivity index (χ0n) is 13.0. The van der Waals surface area contributed by atoms with Crippen molar-refractivity contribution in [2.75, 3.05) is 37.6 Å². The van der Waals surface area contributed by atoms with Gasteiger partial charge in [-0.1, -0.05) is 0 Å². The molecule has 0 unspecified atom stereocenters. The van der Waals surface area contributed by atoms with Gasteiger partial charge >= 0.3 is 5.97 Å². The first kappa shape index (κ1) is 15.8. The van der Waals surface area contributed by atoms with Gasteiger partial charge in [0, 0.05) is 38.4 Å². The van der Waals surface area contributed by atoms with Crippen LogP contribution in [0.1, 0.15) is 29.8 Å². The third kappa shape index (κ3) is 4.19. The summed E-state index contributed by atoms with van der Waals surface area (Å²) in [5.74, 6) is -0.881. The van der Waals surface area contributed by atoms with Crippen molar-refractivity contribution in [2.24, 2.45) is 0 Å². The van der Waals surface area contributed by atoms with Gasteiger partial charge in [0.1, 0.15) is 0 Å². The quantitative estimate of drug-likeness (QED) is 0.882. The Hall–Kier alpha value is -1.59. The molecule has 0 amide bonds. The summed E-state index contributed by atoms with van der Waals surface area (Å²) in [5, 5.41) is 18.9. The smallest absolute Gasteiger partial charge is 0.335 e. The van der Waals surface area contributed by atoms with E-state index in [1.807, 2.05) is 32.9 Å². The zero-order chi connectivity index (χ0) is 15.6. The van der Waals surface area contributed by atoms with Crippen LogP contribution in [0.4, 0.5) is 5.69 Å². The standard InChI is InChI=1S/C16H24N2O3/c1-12-10-13(4-5-14(12)15(19)20)18-8-6-17(7-9-18)11-16(2,3)21/h4-5,10,21H,6-9,11H2,1-3H3,(H,19,20). The second kappa shape index (κ2) is 6.03. The van der Waals surface area contributed by atoms with Gasteiger partial charge in [0.15, 0.2) is 0 Å². The van der Waals surface area contributed by atoms with E-state index in [9.17, 15) is 9.90 Å². The Morgan fingerprint density at radius 3 is 2.33 bits per heavy atom. The molecule has 0 spiro atoms. The molecule has 21 heavy (non-hydrogen) atoms. The fraction of sp³-hybridized carbons (Fsp3) is 0.562. The summed E-state index contributed by atoms with van der Waals surface area (Å²) in [5.41, 5.74) is 1.56. The third-order valence-electron chi connectivity index (χ3n) is 3.79. The van der Waals surface area contributed by atoms with E-state index in [2.05, 4.69) is 9.80 Å². The first-order valence-corrected chi connectivity index (χ1v) is 7.30. The van der Waals surface area contributed by atoms with E-state index in [4.69, 9.17) is 5.11 Å². The maximum Gasteiger partial charge on any atom is 0.335 e. The van der Waals surface area contributed by atoms with E-state index in [0.29, 0.717) is 12.1 Å². The van der Waals surface area contributed by atoms with Crippen molar-refractivity contribution < 1.29 is 15.0 Å². The predicted octanol–water partition coefficient (Wildman–Crippen LogP) is 1.59. The molecule has 1 saturated heterocycles. The highest BCUT2D eigenvalue weighted by Gasteiger charge is 2.23. The Morgan fingerprint density at radius 2 is 1.86 bits per heavy atom. The number of carboxylic acids is 1. The van der Waals surface area contributed by atoms with E-state index in [1.165, 1.54) is 0 Å². The van der Waals surface area contributed by atoms with Crippen LogP contribution in [0.5, 0.6) is 0 Å². The molecule has 0 aromatic heterocycles. The monoisotopic (exact) mass is 292 g/mol. The van der Waals surface area contributed by atoms with Crippen LogP contribution in [-0.2, 0) is 0 Å². The van der Waals surface area contributed by atoms with Crippen LogP contribution in [0.15, 0.2) is 18.2 Å². The number of hydrogen-bond donors (Lipinski definition) is 2. The van der Waals surface area contributed by atoms with Gasteiger partial charge in [0.25, 0.3) is 0 Å². The Bertz CT molecular complexity index is 515. The fourth-order valence-corrected chi connectivity index (χ4v) is 2.80. The lowest BCUT2D eigenvalue weighted by molar-refractivity contribution is 0.0345. The molecule has 2 N–H and O–H groups in total.